The minimum absolute atomic E-state index is 0.189. The zero-order valence-corrected chi connectivity index (χ0v) is 10.9. The van der Waals surface area contributed by atoms with Gasteiger partial charge in [-0.15, -0.1) is 0 Å². The van der Waals surface area contributed by atoms with Gasteiger partial charge in [0, 0.05) is 22.4 Å². The van der Waals surface area contributed by atoms with Gasteiger partial charge < -0.3 is 9.88 Å². The molecule has 1 N–H and O–H groups in total. The molecule has 1 aromatic heterocycles. The third-order valence-corrected chi connectivity index (χ3v) is 4.01. The normalized spacial score (nSPS) is 18.0. The van der Waals surface area contributed by atoms with Crippen molar-refractivity contribution in [3.05, 3.63) is 46.1 Å². The number of H-pyrrole nitrogens is 1. The maximum Gasteiger partial charge on any atom is 0.256 e. The summed E-state index contributed by atoms with van der Waals surface area (Å²) in [6, 6.07) is 6.44. The highest BCUT2D eigenvalue weighted by molar-refractivity contribution is 5.82. The van der Waals surface area contributed by atoms with E-state index in [4.69, 9.17) is 0 Å². The van der Waals surface area contributed by atoms with E-state index in [0.29, 0.717) is 16.7 Å². The molecule has 1 saturated heterocycles. The van der Waals surface area contributed by atoms with Crippen LogP contribution in [-0.2, 0) is 0 Å². The molecule has 3 rings (SSSR count). The van der Waals surface area contributed by atoms with Crippen molar-refractivity contribution < 1.29 is 4.39 Å². The third-order valence-electron chi connectivity index (χ3n) is 4.01. The first-order chi connectivity index (χ1) is 9.15. The Morgan fingerprint density at radius 2 is 2.00 bits per heavy atom. The maximum absolute atomic E-state index is 13.8. The number of hydrogen-bond donors (Lipinski definition) is 1. The fourth-order valence-corrected chi connectivity index (χ4v) is 2.81. The molecule has 4 heteroatoms. The van der Waals surface area contributed by atoms with Gasteiger partial charge in [-0.2, -0.15) is 0 Å². The van der Waals surface area contributed by atoms with Gasteiger partial charge in [0.05, 0.1) is 0 Å². The Labute approximate surface area is 111 Å². The van der Waals surface area contributed by atoms with Gasteiger partial charge in [0.15, 0.2) is 0 Å². The molecular weight excluding hydrogens is 243 g/mol. The second-order valence-corrected chi connectivity index (χ2v) is 5.33. The number of likely N-dealkylation sites (tertiary alicyclic amines) is 1. The van der Waals surface area contributed by atoms with Crippen LogP contribution in [-0.4, -0.2) is 30.0 Å². The number of halogens is 1. The Morgan fingerprint density at radius 1 is 1.26 bits per heavy atom. The van der Waals surface area contributed by atoms with Crippen LogP contribution in [0.5, 0.6) is 0 Å². The molecule has 0 atom stereocenters. The number of piperidine rings is 1. The number of nitrogens with zero attached hydrogens (tertiary/aromatic N) is 1. The number of benzene rings is 1. The van der Waals surface area contributed by atoms with Crippen LogP contribution >= 0.6 is 0 Å². The van der Waals surface area contributed by atoms with Crippen molar-refractivity contribution in [1.29, 1.82) is 0 Å². The number of aromatic nitrogens is 1. The van der Waals surface area contributed by atoms with E-state index in [2.05, 4.69) is 16.9 Å². The van der Waals surface area contributed by atoms with Crippen molar-refractivity contribution in [2.24, 2.45) is 0 Å². The SMILES string of the molecule is CN1CCC(c2cc3c(F)cccc3c(=O)[nH]2)CC1. The number of aromatic amines is 1. The van der Waals surface area contributed by atoms with Crippen molar-refractivity contribution >= 4 is 10.8 Å². The van der Waals surface area contributed by atoms with Crippen LogP contribution in [0.1, 0.15) is 24.5 Å². The maximum atomic E-state index is 13.8. The summed E-state index contributed by atoms with van der Waals surface area (Å²) in [6.07, 6.45) is 2.01. The molecule has 1 aliphatic rings. The summed E-state index contributed by atoms with van der Waals surface area (Å²) in [4.78, 5) is 17.2. The highest BCUT2D eigenvalue weighted by atomic mass is 19.1. The predicted octanol–water partition coefficient (Wildman–Crippen LogP) is 2.48. The van der Waals surface area contributed by atoms with Gasteiger partial charge in [-0.05, 0) is 51.2 Å². The summed E-state index contributed by atoms with van der Waals surface area (Å²) in [5.41, 5.74) is 0.682. The molecule has 19 heavy (non-hydrogen) atoms. The lowest BCUT2D eigenvalue weighted by Crippen LogP contribution is -2.30. The first kappa shape index (κ1) is 12.4. The quantitative estimate of drug-likeness (QED) is 0.855. The van der Waals surface area contributed by atoms with Crippen molar-refractivity contribution in [2.75, 3.05) is 20.1 Å². The third kappa shape index (κ3) is 2.28. The van der Waals surface area contributed by atoms with E-state index < -0.39 is 0 Å². The topological polar surface area (TPSA) is 36.1 Å². The second-order valence-electron chi connectivity index (χ2n) is 5.33. The number of hydrogen-bond acceptors (Lipinski definition) is 2. The van der Waals surface area contributed by atoms with Crippen LogP contribution in [0.15, 0.2) is 29.1 Å². The zero-order valence-electron chi connectivity index (χ0n) is 10.9. The molecule has 0 saturated carbocycles. The molecule has 0 aliphatic carbocycles. The Balaban J connectivity index is 2.06. The molecule has 1 aromatic carbocycles. The molecule has 0 unspecified atom stereocenters. The summed E-state index contributed by atoms with van der Waals surface area (Å²) in [6.45, 7) is 2.03. The fraction of sp³-hybridized carbons (Fsp3) is 0.400. The van der Waals surface area contributed by atoms with Gasteiger partial charge >= 0.3 is 0 Å². The van der Waals surface area contributed by atoms with Crippen LogP contribution in [0.3, 0.4) is 0 Å². The van der Waals surface area contributed by atoms with E-state index in [9.17, 15) is 9.18 Å². The largest absolute Gasteiger partial charge is 0.325 e. The molecular formula is C15H17FN2O. The average Bonchev–Trinajstić information content (AvgIpc) is 2.41. The minimum Gasteiger partial charge on any atom is -0.325 e. The van der Waals surface area contributed by atoms with Gasteiger partial charge in [0.1, 0.15) is 5.82 Å². The molecule has 2 heterocycles. The summed E-state index contributed by atoms with van der Waals surface area (Å²) >= 11 is 0. The van der Waals surface area contributed by atoms with Crippen molar-refractivity contribution in [3.63, 3.8) is 0 Å². The lowest BCUT2D eigenvalue weighted by molar-refractivity contribution is 0.253. The highest BCUT2D eigenvalue weighted by Crippen LogP contribution is 2.27. The summed E-state index contributed by atoms with van der Waals surface area (Å²) in [5.74, 6) is 0.00526. The molecule has 2 aromatic rings. The first-order valence-corrected chi connectivity index (χ1v) is 6.65. The van der Waals surface area contributed by atoms with Gasteiger partial charge in [-0.1, -0.05) is 6.07 Å². The standard InChI is InChI=1S/C15H17FN2O/c1-18-7-5-10(6-8-18)14-9-12-11(15(19)17-14)3-2-4-13(12)16/h2-4,9-10H,5-8H2,1H3,(H,17,19). The first-order valence-electron chi connectivity index (χ1n) is 6.65. The highest BCUT2D eigenvalue weighted by Gasteiger charge is 2.20. The Bertz CT molecular complexity index is 657. The van der Waals surface area contributed by atoms with Gasteiger partial charge in [0.25, 0.3) is 5.56 Å². The Morgan fingerprint density at radius 3 is 2.74 bits per heavy atom. The average molecular weight is 260 g/mol. The second kappa shape index (κ2) is 4.78. The molecule has 100 valence electrons. The van der Waals surface area contributed by atoms with E-state index in [1.165, 1.54) is 6.07 Å². The van der Waals surface area contributed by atoms with Crippen LogP contribution < -0.4 is 5.56 Å². The molecule has 3 nitrogen and oxygen atoms in total. The summed E-state index contributed by atoms with van der Waals surface area (Å²) in [5, 5.41) is 0.858. The molecule has 0 spiro atoms. The van der Waals surface area contributed by atoms with Crippen molar-refractivity contribution in [3.8, 4) is 0 Å². The molecule has 1 fully saturated rings. The van der Waals surface area contributed by atoms with Crippen molar-refractivity contribution in [2.45, 2.75) is 18.8 Å². The predicted molar refractivity (Wildman–Crippen MR) is 74.0 cm³/mol. The van der Waals surface area contributed by atoms with Crippen LogP contribution in [0.2, 0.25) is 0 Å². The van der Waals surface area contributed by atoms with E-state index in [1.807, 2.05) is 6.07 Å². The molecule has 1 aliphatic heterocycles. The summed E-state index contributed by atoms with van der Waals surface area (Å²) in [7, 11) is 2.10. The number of fused-ring (bicyclic) bond motifs is 1. The lowest BCUT2D eigenvalue weighted by atomic mass is 9.92. The minimum atomic E-state index is -0.322. The number of rotatable bonds is 1. The number of nitrogens with one attached hydrogen (secondary N) is 1. The van der Waals surface area contributed by atoms with Gasteiger partial charge in [0.2, 0.25) is 0 Å². The van der Waals surface area contributed by atoms with Gasteiger partial charge in [-0.25, -0.2) is 4.39 Å². The van der Waals surface area contributed by atoms with Crippen LogP contribution in [0.4, 0.5) is 4.39 Å². The van der Waals surface area contributed by atoms with Crippen molar-refractivity contribution in [1.82, 2.24) is 9.88 Å². The molecule has 0 bridgehead atoms. The summed E-state index contributed by atoms with van der Waals surface area (Å²) < 4.78 is 13.8. The van der Waals surface area contributed by atoms with E-state index in [-0.39, 0.29) is 11.4 Å². The van der Waals surface area contributed by atoms with E-state index in [0.717, 1.165) is 31.6 Å². The van der Waals surface area contributed by atoms with Crippen LogP contribution in [0.25, 0.3) is 10.8 Å². The Kier molecular flexibility index (Phi) is 3.11. The van der Waals surface area contributed by atoms with Gasteiger partial charge in [-0.3, -0.25) is 4.79 Å². The zero-order chi connectivity index (χ0) is 13.4. The molecule has 0 amide bonds. The van der Waals surface area contributed by atoms with Crippen LogP contribution in [0, 0.1) is 5.82 Å². The fourth-order valence-electron chi connectivity index (χ4n) is 2.81. The molecule has 0 radical (unpaired) electrons. The smallest absolute Gasteiger partial charge is 0.256 e. The number of pyridine rings is 1. The Hall–Kier alpha value is -1.68. The monoisotopic (exact) mass is 260 g/mol. The van der Waals surface area contributed by atoms with E-state index >= 15 is 0 Å². The lowest BCUT2D eigenvalue weighted by Gasteiger charge is -2.28. The van der Waals surface area contributed by atoms with E-state index in [1.54, 1.807) is 12.1 Å².